The van der Waals surface area contributed by atoms with Gasteiger partial charge in [0.25, 0.3) is 0 Å². The predicted molar refractivity (Wildman–Crippen MR) is 67.7 cm³/mol. The fourth-order valence-electron chi connectivity index (χ4n) is 2.21. The van der Waals surface area contributed by atoms with Gasteiger partial charge in [-0.05, 0) is 25.7 Å². The van der Waals surface area contributed by atoms with Crippen molar-refractivity contribution in [1.82, 2.24) is 0 Å². The number of rotatable bonds is 10. The van der Waals surface area contributed by atoms with E-state index in [0.717, 1.165) is 12.8 Å². The highest BCUT2D eigenvalue weighted by atomic mass is 16.3. The first-order chi connectivity index (χ1) is 8.07. The van der Waals surface area contributed by atoms with Crippen LogP contribution in [-0.2, 0) is 0 Å². The molecule has 4 heteroatoms. The van der Waals surface area contributed by atoms with Gasteiger partial charge in [0.1, 0.15) is 0 Å². The smallest absolute Gasteiger partial charge is 0.0876 e. The molecular formula is C13H28O4. The van der Waals surface area contributed by atoms with Crippen molar-refractivity contribution in [1.29, 1.82) is 0 Å². The summed E-state index contributed by atoms with van der Waals surface area (Å²) in [5.41, 5.74) is -0.606. The van der Waals surface area contributed by atoms with Crippen LogP contribution in [0.25, 0.3) is 0 Å². The van der Waals surface area contributed by atoms with E-state index >= 15 is 0 Å². The molecule has 0 aliphatic heterocycles. The molecule has 0 aliphatic carbocycles. The van der Waals surface area contributed by atoms with Crippen molar-refractivity contribution >= 4 is 0 Å². The maximum atomic E-state index is 10.2. The summed E-state index contributed by atoms with van der Waals surface area (Å²) < 4.78 is 0. The lowest BCUT2D eigenvalue weighted by atomic mass is 9.73. The summed E-state index contributed by atoms with van der Waals surface area (Å²) in [6, 6.07) is 0. The van der Waals surface area contributed by atoms with Gasteiger partial charge in [0, 0.05) is 12.0 Å². The molecule has 0 saturated carbocycles. The van der Waals surface area contributed by atoms with Crippen molar-refractivity contribution in [3.63, 3.8) is 0 Å². The molecule has 0 spiro atoms. The van der Waals surface area contributed by atoms with Crippen molar-refractivity contribution < 1.29 is 20.4 Å². The van der Waals surface area contributed by atoms with E-state index in [9.17, 15) is 15.3 Å². The number of hydrogen-bond donors (Lipinski definition) is 4. The van der Waals surface area contributed by atoms with E-state index in [-0.39, 0.29) is 13.2 Å². The van der Waals surface area contributed by atoms with Crippen molar-refractivity contribution in [3.05, 3.63) is 0 Å². The van der Waals surface area contributed by atoms with E-state index in [2.05, 4.69) is 6.92 Å². The van der Waals surface area contributed by atoms with Crippen LogP contribution in [0.3, 0.4) is 0 Å². The first-order valence-electron chi connectivity index (χ1n) is 6.65. The molecule has 4 nitrogen and oxygen atoms in total. The van der Waals surface area contributed by atoms with Crippen molar-refractivity contribution in [3.8, 4) is 0 Å². The fraction of sp³-hybridized carbons (Fsp3) is 1.00. The van der Waals surface area contributed by atoms with Crippen LogP contribution in [0.5, 0.6) is 0 Å². The third kappa shape index (κ3) is 4.92. The Bertz CT molecular complexity index is 180. The summed E-state index contributed by atoms with van der Waals surface area (Å²) >= 11 is 0. The summed E-state index contributed by atoms with van der Waals surface area (Å²) in [6.07, 6.45) is 2.33. The number of aliphatic hydroxyl groups excluding tert-OH is 4. The second kappa shape index (κ2) is 8.86. The normalized spacial score (nSPS) is 18.7. The molecule has 0 saturated heterocycles. The molecule has 0 rings (SSSR count). The van der Waals surface area contributed by atoms with Crippen LogP contribution in [-0.4, -0.2) is 45.8 Å². The predicted octanol–water partition coefficient (Wildman–Crippen LogP) is 1.06. The van der Waals surface area contributed by atoms with Crippen molar-refractivity contribution in [2.45, 2.75) is 64.6 Å². The van der Waals surface area contributed by atoms with Crippen LogP contribution in [0.15, 0.2) is 0 Å². The van der Waals surface area contributed by atoms with E-state index < -0.39 is 17.6 Å². The number of aliphatic hydroxyl groups is 4. The van der Waals surface area contributed by atoms with Crippen LogP contribution in [0.4, 0.5) is 0 Å². The van der Waals surface area contributed by atoms with Gasteiger partial charge < -0.3 is 20.4 Å². The summed E-state index contributed by atoms with van der Waals surface area (Å²) in [4.78, 5) is 0. The Labute approximate surface area is 104 Å². The molecule has 104 valence electrons. The lowest BCUT2D eigenvalue weighted by molar-refractivity contribution is -0.0969. The third-order valence-corrected chi connectivity index (χ3v) is 3.70. The Morgan fingerprint density at radius 2 is 1.71 bits per heavy atom. The first-order valence-corrected chi connectivity index (χ1v) is 6.65. The minimum absolute atomic E-state index is 0.0109. The van der Waals surface area contributed by atoms with E-state index in [1.54, 1.807) is 0 Å². The molecule has 0 heterocycles. The highest BCUT2D eigenvalue weighted by molar-refractivity contribution is 4.89. The second-order valence-corrected chi connectivity index (χ2v) is 4.86. The Morgan fingerprint density at radius 1 is 1.06 bits per heavy atom. The highest BCUT2D eigenvalue weighted by Crippen LogP contribution is 2.34. The Hall–Kier alpha value is -0.160. The molecule has 0 aliphatic rings. The second-order valence-electron chi connectivity index (χ2n) is 4.86. The molecule has 0 radical (unpaired) electrons. The molecule has 4 N–H and O–H groups in total. The van der Waals surface area contributed by atoms with E-state index in [1.807, 2.05) is 6.92 Å². The topological polar surface area (TPSA) is 80.9 Å². The minimum Gasteiger partial charge on any atom is -0.396 e. The van der Waals surface area contributed by atoms with Gasteiger partial charge in [0.15, 0.2) is 0 Å². The molecule has 3 unspecified atom stereocenters. The van der Waals surface area contributed by atoms with E-state index in [0.29, 0.717) is 25.7 Å². The van der Waals surface area contributed by atoms with Crippen LogP contribution in [0.1, 0.15) is 52.4 Å². The largest absolute Gasteiger partial charge is 0.396 e. The summed E-state index contributed by atoms with van der Waals surface area (Å²) in [5.74, 6) is 0. The molecule has 0 fully saturated rings. The van der Waals surface area contributed by atoms with Gasteiger partial charge in [-0.25, -0.2) is 0 Å². The van der Waals surface area contributed by atoms with Crippen LogP contribution in [0.2, 0.25) is 0 Å². The van der Waals surface area contributed by atoms with Crippen molar-refractivity contribution in [2.24, 2.45) is 5.41 Å². The number of hydrogen-bond acceptors (Lipinski definition) is 4. The van der Waals surface area contributed by atoms with Gasteiger partial charge in [-0.3, -0.25) is 0 Å². The minimum atomic E-state index is -0.921. The molecule has 0 bridgehead atoms. The average Bonchev–Trinajstić information content (AvgIpc) is 2.37. The van der Waals surface area contributed by atoms with Gasteiger partial charge in [0.2, 0.25) is 0 Å². The quantitative estimate of drug-likeness (QED) is 0.466. The zero-order valence-electron chi connectivity index (χ0n) is 11.1. The lowest BCUT2D eigenvalue weighted by Crippen LogP contribution is -2.45. The first kappa shape index (κ1) is 16.8. The SMILES string of the molecule is CCCCC(CC)(CO)C(O)C(O)CCCO. The maximum Gasteiger partial charge on any atom is 0.0876 e. The van der Waals surface area contributed by atoms with Gasteiger partial charge in [-0.2, -0.15) is 0 Å². The van der Waals surface area contributed by atoms with Crippen LogP contribution < -0.4 is 0 Å². The number of unbranched alkanes of at least 4 members (excludes halogenated alkanes) is 1. The van der Waals surface area contributed by atoms with Gasteiger partial charge in [-0.1, -0.05) is 26.7 Å². The molecule has 3 atom stereocenters. The molecule has 0 amide bonds. The highest BCUT2D eigenvalue weighted by Gasteiger charge is 2.38. The van der Waals surface area contributed by atoms with E-state index in [1.165, 1.54) is 0 Å². The molecule has 0 aromatic carbocycles. The van der Waals surface area contributed by atoms with Gasteiger partial charge in [0.05, 0.1) is 18.8 Å². The third-order valence-electron chi connectivity index (χ3n) is 3.70. The summed E-state index contributed by atoms with van der Waals surface area (Å²) in [7, 11) is 0. The van der Waals surface area contributed by atoms with Crippen LogP contribution >= 0.6 is 0 Å². The van der Waals surface area contributed by atoms with Gasteiger partial charge >= 0.3 is 0 Å². The monoisotopic (exact) mass is 248 g/mol. The zero-order valence-corrected chi connectivity index (χ0v) is 11.1. The zero-order chi connectivity index (χ0) is 13.3. The van der Waals surface area contributed by atoms with E-state index in [4.69, 9.17) is 5.11 Å². The molecule has 17 heavy (non-hydrogen) atoms. The fourth-order valence-corrected chi connectivity index (χ4v) is 2.21. The Kier molecular flexibility index (Phi) is 8.78. The average molecular weight is 248 g/mol. The Morgan fingerprint density at radius 3 is 2.12 bits per heavy atom. The van der Waals surface area contributed by atoms with Crippen LogP contribution in [0, 0.1) is 5.41 Å². The maximum absolute atomic E-state index is 10.2. The van der Waals surface area contributed by atoms with Crippen molar-refractivity contribution in [2.75, 3.05) is 13.2 Å². The molecular weight excluding hydrogens is 220 g/mol. The molecule has 0 aromatic rings. The standard InChI is InChI=1S/C13H28O4/c1-3-5-8-13(4-2,10-15)12(17)11(16)7-6-9-14/h11-12,14-17H,3-10H2,1-2H3. The van der Waals surface area contributed by atoms with Gasteiger partial charge in [-0.15, -0.1) is 0 Å². The lowest BCUT2D eigenvalue weighted by Gasteiger charge is -2.38. The summed E-state index contributed by atoms with van der Waals surface area (Å²) in [6.45, 7) is 3.89. The molecule has 0 aromatic heterocycles. The Balaban J connectivity index is 4.54. The summed E-state index contributed by atoms with van der Waals surface area (Å²) in [5, 5.41) is 38.3.